The molecule has 2 fully saturated rings. The highest BCUT2D eigenvalue weighted by Crippen LogP contribution is 2.47. The molecule has 150 valence electrons. The summed E-state index contributed by atoms with van der Waals surface area (Å²) in [7, 11) is 0. The summed E-state index contributed by atoms with van der Waals surface area (Å²) in [5, 5.41) is 7.49. The lowest BCUT2D eigenvalue weighted by Gasteiger charge is -2.21. The quantitative estimate of drug-likeness (QED) is 0.551. The van der Waals surface area contributed by atoms with E-state index in [4.69, 9.17) is 4.42 Å². The van der Waals surface area contributed by atoms with Gasteiger partial charge in [0.15, 0.2) is 5.16 Å². The number of amides is 1. The third kappa shape index (κ3) is 4.24. The van der Waals surface area contributed by atoms with E-state index in [0.717, 1.165) is 52.3 Å². The van der Waals surface area contributed by atoms with E-state index < -0.39 is 0 Å². The molecule has 5 rings (SSSR count). The van der Waals surface area contributed by atoms with E-state index in [-0.39, 0.29) is 5.91 Å². The summed E-state index contributed by atoms with van der Waals surface area (Å²) < 4.78 is 6.05. The third-order valence-corrected chi connectivity index (χ3v) is 6.65. The van der Waals surface area contributed by atoms with Crippen molar-refractivity contribution in [2.75, 3.05) is 0 Å². The van der Waals surface area contributed by atoms with Crippen molar-refractivity contribution >= 4 is 17.7 Å². The molecular formula is C22H24N4O2S. The van der Waals surface area contributed by atoms with Crippen molar-refractivity contribution in [3.8, 4) is 0 Å². The fourth-order valence-corrected chi connectivity index (χ4v) is 4.38. The van der Waals surface area contributed by atoms with Crippen LogP contribution in [0.15, 0.2) is 52.3 Å². The topological polar surface area (TPSA) is 75.0 Å². The largest absolute Gasteiger partial charge is 0.464 e. The first-order valence-corrected chi connectivity index (χ1v) is 11.1. The highest BCUT2D eigenvalue weighted by molar-refractivity contribution is 7.98. The fourth-order valence-electron chi connectivity index (χ4n) is 3.64. The zero-order valence-corrected chi connectivity index (χ0v) is 17.2. The molecule has 29 heavy (non-hydrogen) atoms. The normalized spacial score (nSPS) is 20.6. The molecule has 7 heteroatoms. The SMILES string of the molecule is CC1CC1c1ccc(CN(C(=O)c2ccc(CSc3ncn[nH]3)cc2)C2CC2)o1. The Kier molecular flexibility index (Phi) is 4.91. The molecule has 2 saturated carbocycles. The lowest BCUT2D eigenvalue weighted by molar-refractivity contribution is 0.0716. The average molecular weight is 409 g/mol. The summed E-state index contributed by atoms with van der Waals surface area (Å²) in [5.41, 5.74) is 1.88. The number of aromatic amines is 1. The number of H-pyrrole nitrogens is 1. The molecule has 1 amide bonds. The van der Waals surface area contributed by atoms with Crippen LogP contribution in [-0.2, 0) is 12.3 Å². The Morgan fingerprint density at radius 1 is 1.24 bits per heavy atom. The number of carbonyl (C=O) groups is 1. The van der Waals surface area contributed by atoms with Crippen LogP contribution in [0.2, 0.25) is 0 Å². The molecule has 2 aromatic heterocycles. The second kappa shape index (κ2) is 7.71. The van der Waals surface area contributed by atoms with Gasteiger partial charge in [-0.15, -0.1) is 0 Å². The van der Waals surface area contributed by atoms with Crippen molar-refractivity contribution < 1.29 is 9.21 Å². The first kappa shape index (κ1) is 18.5. The predicted octanol–water partition coefficient (Wildman–Crippen LogP) is 4.62. The number of nitrogens with one attached hydrogen (secondary N) is 1. The van der Waals surface area contributed by atoms with E-state index in [1.807, 2.05) is 35.2 Å². The van der Waals surface area contributed by atoms with Gasteiger partial charge >= 0.3 is 0 Å². The second-order valence-corrected chi connectivity index (χ2v) is 9.03. The van der Waals surface area contributed by atoms with E-state index in [2.05, 4.69) is 28.2 Å². The van der Waals surface area contributed by atoms with Gasteiger partial charge in [-0.05, 0) is 55.0 Å². The van der Waals surface area contributed by atoms with Crippen LogP contribution in [0.3, 0.4) is 0 Å². The smallest absolute Gasteiger partial charge is 0.254 e. The highest BCUT2D eigenvalue weighted by atomic mass is 32.2. The molecule has 1 N–H and O–H groups in total. The Labute approximate surface area is 174 Å². The van der Waals surface area contributed by atoms with Crippen LogP contribution in [0, 0.1) is 5.92 Å². The van der Waals surface area contributed by atoms with Crippen molar-refractivity contribution in [1.29, 1.82) is 0 Å². The van der Waals surface area contributed by atoms with Crippen LogP contribution in [0.1, 0.15) is 59.5 Å². The van der Waals surface area contributed by atoms with Gasteiger partial charge in [-0.1, -0.05) is 30.8 Å². The average Bonchev–Trinajstić information content (AvgIpc) is 3.59. The lowest BCUT2D eigenvalue weighted by atomic mass is 10.1. The fraction of sp³-hybridized carbons (Fsp3) is 0.409. The number of aromatic nitrogens is 3. The second-order valence-electron chi connectivity index (χ2n) is 8.06. The number of thioether (sulfide) groups is 1. The summed E-state index contributed by atoms with van der Waals surface area (Å²) in [5.74, 6) is 4.11. The van der Waals surface area contributed by atoms with Gasteiger partial charge in [-0.2, -0.15) is 5.10 Å². The molecule has 1 aromatic carbocycles. The molecule has 0 radical (unpaired) electrons. The minimum atomic E-state index is 0.0830. The minimum absolute atomic E-state index is 0.0830. The van der Waals surface area contributed by atoms with Gasteiger partial charge in [-0.3, -0.25) is 9.89 Å². The number of benzene rings is 1. The molecule has 2 unspecified atom stereocenters. The molecule has 2 heterocycles. The zero-order valence-electron chi connectivity index (χ0n) is 16.4. The maximum Gasteiger partial charge on any atom is 0.254 e. The van der Waals surface area contributed by atoms with Gasteiger partial charge in [-0.25, -0.2) is 4.98 Å². The minimum Gasteiger partial charge on any atom is -0.464 e. The third-order valence-electron chi connectivity index (χ3n) is 5.70. The number of nitrogens with zero attached hydrogens (tertiary/aromatic N) is 3. The monoisotopic (exact) mass is 408 g/mol. The zero-order chi connectivity index (χ0) is 19.8. The predicted molar refractivity (Wildman–Crippen MR) is 111 cm³/mol. The lowest BCUT2D eigenvalue weighted by Crippen LogP contribution is -2.32. The number of hydrogen-bond acceptors (Lipinski definition) is 5. The van der Waals surface area contributed by atoms with E-state index in [9.17, 15) is 4.79 Å². The summed E-state index contributed by atoms with van der Waals surface area (Å²) in [6.45, 7) is 2.80. The van der Waals surface area contributed by atoms with Crippen LogP contribution < -0.4 is 0 Å². The van der Waals surface area contributed by atoms with Crippen molar-refractivity contribution in [3.05, 3.63) is 65.4 Å². The van der Waals surface area contributed by atoms with Crippen LogP contribution >= 0.6 is 11.8 Å². The summed E-state index contributed by atoms with van der Waals surface area (Å²) in [6.07, 6.45) is 4.86. The Balaban J connectivity index is 1.24. The maximum absolute atomic E-state index is 13.1. The van der Waals surface area contributed by atoms with Crippen molar-refractivity contribution in [2.24, 2.45) is 5.92 Å². The van der Waals surface area contributed by atoms with Crippen LogP contribution in [0.4, 0.5) is 0 Å². The van der Waals surface area contributed by atoms with E-state index in [1.54, 1.807) is 11.8 Å². The van der Waals surface area contributed by atoms with Gasteiger partial charge in [0.25, 0.3) is 5.91 Å². The number of rotatable bonds is 8. The Hall–Kier alpha value is -2.54. The summed E-state index contributed by atoms with van der Waals surface area (Å²) in [4.78, 5) is 19.2. The maximum atomic E-state index is 13.1. The molecule has 2 aliphatic carbocycles. The molecular weight excluding hydrogens is 384 g/mol. The van der Waals surface area contributed by atoms with E-state index in [0.29, 0.717) is 18.5 Å². The highest BCUT2D eigenvalue weighted by Gasteiger charge is 2.37. The Bertz CT molecular complexity index is 979. The van der Waals surface area contributed by atoms with Crippen LogP contribution in [0.5, 0.6) is 0 Å². The molecule has 0 spiro atoms. The van der Waals surface area contributed by atoms with Crippen LogP contribution in [-0.4, -0.2) is 32.0 Å². The summed E-state index contributed by atoms with van der Waals surface area (Å²) in [6, 6.07) is 12.3. The van der Waals surface area contributed by atoms with Gasteiger partial charge in [0.1, 0.15) is 17.8 Å². The van der Waals surface area contributed by atoms with E-state index >= 15 is 0 Å². The summed E-state index contributed by atoms with van der Waals surface area (Å²) >= 11 is 1.59. The van der Waals surface area contributed by atoms with Gasteiger partial charge < -0.3 is 9.32 Å². The first-order valence-electron chi connectivity index (χ1n) is 10.1. The first-order chi connectivity index (χ1) is 14.2. The van der Waals surface area contributed by atoms with Gasteiger partial charge in [0.2, 0.25) is 0 Å². The molecule has 3 aromatic rings. The van der Waals surface area contributed by atoms with Crippen LogP contribution in [0.25, 0.3) is 0 Å². The molecule has 6 nitrogen and oxygen atoms in total. The van der Waals surface area contributed by atoms with Crippen molar-refractivity contribution in [2.45, 2.75) is 55.6 Å². The van der Waals surface area contributed by atoms with Gasteiger partial charge in [0, 0.05) is 23.3 Å². The number of carbonyl (C=O) groups excluding carboxylic acids is 1. The molecule has 0 aliphatic heterocycles. The van der Waals surface area contributed by atoms with E-state index in [1.165, 1.54) is 12.7 Å². The Morgan fingerprint density at radius 2 is 2.03 bits per heavy atom. The number of hydrogen-bond donors (Lipinski definition) is 1. The molecule has 0 bridgehead atoms. The van der Waals surface area contributed by atoms with Gasteiger partial charge in [0.05, 0.1) is 6.54 Å². The van der Waals surface area contributed by atoms with Crippen molar-refractivity contribution in [3.63, 3.8) is 0 Å². The van der Waals surface area contributed by atoms with Crippen molar-refractivity contribution in [1.82, 2.24) is 20.1 Å². The standard InChI is InChI=1S/C22H24N4O2S/c1-14-10-19(14)20-9-8-18(28-20)11-26(17-6-7-17)21(27)16-4-2-15(3-5-16)12-29-22-23-13-24-25-22/h2-5,8-9,13-14,17,19H,6-7,10-12H2,1H3,(H,23,24,25). The molecule has 2 atom stereocenters. The molecule has 2 aliphatic rings. The number of furan rings is 1. The Morgan fingerprint density at radius 3 is 2.69 bits per heavy atom. The molecule has 0 saturated heterocycles.